The first-order valence-corrected chi connectivity index (χ1v) is 8.67. The number of hydrogen-bond donors (Lipinski definition) is 1. The standard InChI is InChI=1S/C18H26N6O2/c1-22(2)16-9-13(5-6-20-16)18(25)21-11-15-17(23(3)7-8-26-15)14-10-19-12-24(14)4/h5-6,9-10,12,15,17H,7-8,11H2,1-4H3,(H,21,25)/t15-,17-/m0/s1. The van der Waals surface area contributed by atoms with Crippen molar-refractivity contribution in [1.29, 1.82) is 0 Å². The summed E-state index contributed by atoms with van der Waals surface area (Å²) in [5, 5.41) is 3.00. The van der Waals surface area contributed by atoms with Crippen LogP contribution in [-0.4, -0.2) is 72.3 Å². The second kappa shape index (κ2) is 7.84. The lowest BCUT2D eigenvalue weighted by molar-refractivity contribution is -0.0626. The smallest absolute Gasteiger partial charge is 0.251 e. The molecule has 3 heterocycles. The van der Waals surface area contributed by atoms with Gasteiger partial charge in [0.05, 0.1) is 30.8 Å². The van der Waals surface area contributed by atoms with Crippen LogP contribution in [0.15, 0.2) is 30.9 Å². The Bertz CT molecular complexity index is 760. The first-order valence-electron chi connectivity index (χ1n) is 8.67. The van der Waals surface area contributed by atoms with E-state index in [1.807, 2.05) is 36.8 Å². The lowest BCUT2D eigenvalue weighted by Crippen LogP contribution is -2.48. The highest BCUT2D eigenvalue weighted by Crippen LogP contribution is 2.27. The maximum Gasteiger partial charge on any atom is 0.251 e. The Balaban J connectivity index is 1.70. The third kappa shape index (κ3) is 3.86. The molecular formula is C18H26N6O2. The number of nitrogens with zero attached hydrogens (tertiary/aromatic N) is 5. The molecular weight excluding hydrogens is 332 g/mol. The van der Waals surface area contributed by atoms with E-state index in [-0.39, 0.29) is 18.1 Å². The Morgan fingerprint density at radius 1 is 1.42 bits per heavy atom. The van der Waals surface area contributed by atoms with E-state index in [2.05, 4.69) is 27.2 Å². The van der Waals surface area contributed by atoms with E-state index in [9.17, 15) is 4.79 Å². The van der Waals surface area contributed by atoms with Crippen LogP contribution in [0.4, 0.5) is 5.82 Å². The van der Waals surface area contributed by atoms with Crippen LogP contribution in [0.2, 0.25) is 0 Å². The number of hydrogen-bond acceptors (Lipinski definition) is 6. The number of aromatic nitrogens is 3. The number of amides is 1. The Labute approximate surface area is 153 Å². The molecule has 0 bridgehead atoms. The summed E-state index contributed by atoms with van der Waals surface area (Å²) in [5.41, 5.74) is 1.66. The van der Waals surface area contributed by atoms with E-state index in [4.69, 9.17) is 4.74 Å². The molecule has 2 aromatic rings. The van der Waals surface area contributed by atoms with Gasteiger partial charge in [0.15, 0.2) is 0 Å². The molecule has 1 saturated heterocycles. The zero-order valence-electron chi connectivity index (χ0n) is 15.7. The number of carbonyl (C=O) groups excluding carboxylic acids is 1. The van der Waals surface area contributed by atoms with Crippen LogP contribution in [0.25, 0.3) is 0 Å². The fraction of sp³-hybridized carbons (Fsp3) is 0.500. The molecule has 2 aromatic heterocycles. The summed E-state index contributed by atoms with van der Waals surface area (Å²) in [4.78, 5) is 25.1. The fourth-order valence-electron chi connectivity index (χ4n) is 3.20. The Morgan fingerprint density at radius 2 is 2.23 bits per heavy atom. The number of anilines is 1. The van der Waals surface area contributed by atoms with E-state index in [0.29, 0.717) is 18.7 Å². The van der Waals surface area contributed by atoms with Crippen molar-refractivity contribution >= 4 is 11.7 Å². The van der Waals surface area contributed by atoms with Gasteiger partial charge in [-0.3, -0.25) is 9.69 Å². The first kappa shape index (κ1) is 18.3. The molecule has 0 spiro atoms. The third-order valence-corrected chi connectivity index (χ3v) is 4.69. The van der Waals surface area contributed by atoms with Crippen LogP contribution in [-0.2, 0) is 11.8 Å². The molecule has 1 aliphatic rings. The normalized spacial score (nSPS) is 20.8. The zero-order valence-corrected chi connectivity index (χ0v) is 15.7. The second-order valence-electron chi connectivity index (χ2n) is 6.77. The van der Waals surface area contributed by atoms with E-state index in [1.54, 1.807) is 24.7 Å². The van der Waals surface area contributed by atoms with Crippen molar-refractivity contribution in [1.82, 2.24) is 24.8 Å². The summed E-state index contributed by atoms with van der Waals surface area (Å²) in [6.07, 6.45) is 5.15. The third-order valence-electron chi connectivity index (χ3n) is 4.69. The number of carbonyl (C=O) groups is 1. The largest absolute Gasteiger partial charge is 0.373 e. The van der Waals surface area contributed by atoms with Crippen LogP contribution in [0.3, 0.4) is 0 Å². The van der Waals surface area contributed by atoms with Gasteiger partial charge in [0.1, 0.15) is 5.82 Å². The van der Waals surface area contributed by atoms with Gasteiger partial charge in [-0.15, -0.1) is 0 Å². The highest BCUT2D eigenvalue weighted by atomic mass is 16.5. The molecule has 26 heavy (non-hydrogen) atoms. The molecule has 0 saturated carbocycles. The van der Waals surface area contributed by atoms with Crippen LogP contribution in [0.1, 0.15) is 22.1 Å². The topological polar surface area (TPSA) is 75.5 Å². The van der Waals surface area contributed by atoms with Gasteiger partial charge in [-0.1, -0.05) is 0 Å². The first-order chi connectivity index (χ1) is 12.5. The monoisotopic (exact) mass is 358 g/mol. The minimum atomic E-state index is -0.136. The fourth-order valence-corrected chi connectivity index (χ4v) is 3.20. The van der Waals surface area contributed by atoms with Gasteiger partial charge in [-0.2, -0.15) is 0 Å². The van der Waals surface area contributed by atoms with Crippen molar-refractivity contribution in [3.05, 3.63) is 42.1 Å². The summed E-state index contributed by atoms with van der Waals surface area (Å²) >= 11 is 0. The van der Waals surface area contributed by atoms with E-state index >= 15 is 0 Å². The van der Waals surface area contributed by atoms with Crippen molar-refractivity contribution in [2.24, 2.45) is 7.05 Å². The summed E-state index contributed by atoms with van der Waals surface area (Å²) in [7, 11) is 7.84. The van der Waals surface area contributed by atoms with Gasteiger partial charge in [0.2, 0.25) is 0 Å². The molecule has 1 aliphatic heterocycles. The molecule has 1 N–H and O–H groups in total. The van der Waals surface area contributed by atoms with E-state index in [0.717, 1.165) is 18.1 Å². The molecule has 2 atom stereocenters. The minimum Gasteiger partial charge on any atom is -0.373 e. The highest BCUT2D eigenvalue weighted by Gasteiger charge is 2.33. The quantitative estimate of drug-likeness (QED) is 0.847. The number of imidazole rings is 1. The van der Waals surface area contributed by atoms with Crippen LogP contribution in [0.5, 0.6) is 0 Å². The summed E-state index contributed by atoms with van der Waals surface area (Å²) in [6, 6.07) is 3.54. The maximum atomic E-state index is 12.6. The number of aryl methyl sites for hydroxylation is 1. The molecule has 1 amide bonds. The van der Waals surface area contributed by atoms with Gasteiger partial charge in [-0.25, -0.2) is 9.97 Å². The molecule has 0 aromatic carbocycles. The highest BCUT2D eigenvalue weighted by molar-refractivity contribution is 5.94. The predicted octanol–water partition coefficient (Wildman–Crippen LogP) is 0.683. The SMILES string of the molecule is CN(C)c1cc(C(=O)NC[C@@H]2OCCN(C)[C@H]2c2cncn2C)ccn1. The van der Waals surface area contributed by atoms with Crippen molar-refractivity contribution in [2.75, 3.05) is 45.7 Å². The zero-order chi connectivity index (χ0) is 18.7. The molecule has 140 valence electrons. The molecule has 8 heteroatoms. The molecule has 0 unspecified atom stereocenters. The Morgan fingerprint density at radius 3 is 2.92 bits per heavy atom. The number of morpholine rings is 1. The van der Waals surface area contributed by atoms with Gasteiger partial charge in [-0.05, 0) is 19.2 Å². The van der Waals surface area contributed by atoms with Crippen molar-refractivity contribution in [3.63, 3.8) is 0 Å². The average Bonchev–Trinajstić information content (AvgIpc) is 3.05. The van der Waals surface area contributed by atoms with Gasteiger partial charge < -0.3 is 19.5 Å². The number of likely N-dealkylation sites (N-methyl/N-ethyl adjacent to an activating group) is 1. The van der Waals surface area contributed by atoms with E-state index < -0.39 is 0 Å². The summed E-state index contributed by atoms with van der Waals surface area (Å²) in [6.45, 7) is 1.92. The van der Waals surface area contributed by atoms with Crippen molar-refractivity contribution in [3.8, 4) is 0 Å². The number of pyridine rings is 1. The molecule has 3 rings (SSSR count). The summed E-state index contributed by atoms with van der Waals surface area (Å²) < 4.78 is 7.97. The summed E-state index contributed by atoms with van der Waals surface area (Å²) in [5.74, 6) is 0.621. The van der Waals surface area contributed by atoms with Gasteiger partial charge in [0.25, 0.3) is 5.91 Å². The molecule has 1 fully saturated rings. The van der Waals surface area contributed by atoms with Crippen LogP contribution in [0, 0.1) is 0 Å². The second-order valence-corrected chi connectivity index (χ2v) is 6.77. The number of nitrogens with one attached hydrogen (secondary N) is 1. The molecule has 0 radical (unpaired) electrons. The molecule has 0 aliphatic carbocycles. The Hall–Kier alpha value is -2.45. The predicted molar refractivity (Wildman–Crippen MR) is 99.2 cm³/mol. The minimum absolute atomic E-state index is 0.0475. The lowest BCUT2D eigenvalue weighted by atomic mass is 10.0. The van der Waals surface area contributed by atoms with Gasteiger partial charge in [0, 0.05) is 52.2 Å². The van der Waals surface area contributed by atoms with Gasteiger partial charge >= 0.3 is 0 Å². The van der Waals surface area contributed by atoms with Crippen LogP contribution < -0.4 is 10.2 Å². The van der Waals surface area contributed by atoms with Crippen LogP contribution >= 0.6 is 0 Å². The number of rotatable bonds is 5. The molecule has 8 nitrogen and oxygen atoms in total. The average molecular weight is 358 g/mol. The van der Waals surface area contributed by atoms with Crippen molar-refractivity contribution < 1.29 is 9.53 Å². The lowest BCUT2D eigenvalue weighted by Gasteiger charge is -2.39. The van der Waals surface area contributed by atoms with Crippen molar-refractivity contribution in [2.45, 2.75) is 12.1 Å². The Kier molecular flexibility index (Phi) is 5.53. The maximum absolute atomic E-state index is 12.6. The number of ether oxygens (including phenoxy) is 1. The van der Waals surface area contributed by atoms with E-state index in [1.165, 1.54) is 0 Å².